The van der Waals surface area contributed by atoms with Crippen molar-refractivity contribution in [2.45, 2.75) is 36.9 Å². The van der Waals surface area contributed by atoms with Crippen LogP contribution in [0.4, 0.5) is 5.69 Å². The van der Waals surface area contributed by atoms with E-state index >= 15 is 0 Å². The Morgan fingerprint density at radius 2 is 2.04 bits per heavy atom. The number of hydrogen-bond donors (Lipinski definition) is 1. The summed E-state index contributed by atoms with van der Waals surface area (Å²) in [5.41, 5.74) is 9.10. The Balaban J connectivity index is 2.03. The molecule has 0 spiro atoms. The monoisotopic (exact) mass is 352 g/mol. The fraction of sp³-hybridized carbons (Fsp3) is 0.316. The van der Waals surface area contributed by atoms with E-state index in [9.17, 15) is 4.79 Å². The molecule has 5 nitrogen and oxygen atoms in total. The number of anilines is 1. The van der Waals surface area contributed by atoms with Crippen LogP contribution in [0.1, 0.15) is 31.7 Å². The maximum atomic E-state index is 13.0. The van der Waals surface area contributed by atoms with Gasteiger partial charge in [-0.05, 0) is 42.4 Å². The predicted molar refractivity (Wildman–Crippen MR) is 103 cm³/mol. The van der Waals surface area contributed by atoms with Crippen LogP contribution in [-0.4, -0.2) is 20.8 Å². The number of nitrogens with zero attached hydrogens (tertiary/aromatic N) is 3. The fourth-order valence-corrected chi connectivity index (χ4v) is 4.00. The predicted octanol–water partition coefficient (Wildman–Crippen LogP) is 3.88. The number of thioether (sulfide) groups is 1. The van der Waals surface area contributed by atoms with Crippen LogP contribution in [0, 0.1) is 0 Å². The van der Waals surface area contributed by atoms with Gasteiger partial charge in [-0.15, -0.1) is 0 Å². The number of hydrogen-bond acceptors (Lipinski definition) is 5. The van der Waals surface area contributed by atoms with Crippen LogP contribution in [0.5, 0.6) is 0 Å². The number of rotatable bonds is 3. The molecule has 2 N–H and O–H groups in total. The molecule has 2 aromatic heterocycles. The minimum atomic E-state index is 0.00239. The van der Waals surface area contributed by atoms with E-state index in [1.54, 1.807) is 6.07 Å². The summed E-state index contributed by atoms with van der Waals surface area (Å²) in [6, 6.07) is 9.53. The molecule has 128 valence electrons. The quantitative estimate of drug-likeness (QED) is 0.440. The summed E-state index contributed by atoms with van der Waals surface area (Å²) >= 11 is 1.49. The third kappa shape index (κ3) is 2.91. The summed E-state index contributed by atoms with van der Waals surface area (Å²) in [6.45, 7) is 0. The van der Waals surface area contributed by atoms with Crippen molar-refractivity contribution in [3.8, 4) is 11.1 Å². The molecule has 0 amide bonds. The van der Waals surface area contributed by atoms with Gasteiger partial charge in [-0.25, -0.2) is 9.97 Å². The molecule has 4 rings (SSSR count). The number of nitrogen functional groups attached to an aromatic ring is 1. The molecular weight excluding hydrogens is 332 g/mol. The second kappa shape index (κ2) is 6.52. The van der Waals surface area contributed by atoms with Crippen molar-refractivity contribution in [1.82, 2.24) is 14.5 Å². The molecule has 2 heterocycles. The minimum Gasteiger partial charge on any atom is -0.399 e. The third-order valence-electron chi connectivity index (χ3n) is 4.84. The van der Waals surface area contributed by atoms with Crippen molar-refractivity contribution in [2.24, 2.45) is 0 Å². The first-order valence-corrected chi connectivity index (χ1v) is 9.72. The largest absolute Gasteiger partial charge is 0.399 e. The highest BCUT2D eigenvalue weighted by Gasteiger charge is 2.22. The Morgan fingerprint density at radius 3 is 2.76 bits per heavy atom. The Kier molecular flexibility index (Phi) is 4.21. The van der Waals surface area contributed by atoms with Gasteiger partial charge in [0.15, 0.2) is 5.16 Å². The fourth-order valence-electron chi connectivity index (χ4n) is 3.66. The third-order valence-corrected chi connectivity index (χ3v) is 5.40. The van der Waals surface area contributed by atoms with Gasteiger partial charge in [0, 0.05) is 29.4 Å². The van der Waals surface area contributed by atoms with Gasteiger partial charge < -0.3 is 5.73 Å². The normalized spacial score (nSPS) is 15.1. The van der Waals surface area contributed by atoms with E-state index in [2.05, 4.69) is 4.98 Å². The van der Waals surface area contributed by atoms with Gasteiger partial charge in [0.2, 0.25) is 0 Å². The number of benzene rings is 1. The number of nitrogens with two attached hydrogens (primary N) is 1. The first-order chi connectivity index (χ1) is 12.2. The molecule has 0 aliphatic heterocycles. The van der Waals surface area contributed by atoms with Crippen molar-refractivity contribution in [2.75, 3.05) is 12.0 Å². The second-order valence-corrected chi connectivity index (χ2v) is 7.20. The maximum Gasteiger partial charge on any atom is 0.253 e. The average molecular weight is 352 g/mol. The molecular formula is C19H20N4OS. The summed E-state index contributed by atoms with van der Waals surface area (Å²) < 4.78 is 1.87. The summed E-state index contributed by atoms with van der Waals surface area (Å²) in [5.74, 6) is 0. The number of pyridine rings is 1. The van der Waals surface area contributed by atoms with Crippen LogP contribution in [0.15, 0.2) is 46.5 Å². The van der Waals surface area contributed by atoms with E-state index in [1.807, 2.05) is 41.3 Å². The zero-order chi connectivity index (χ0) is 17.4. The molecule has 6 heteroatoms. The zero-order valence-electron chi connectivity index (χ0n) is 14.1. The molecule has 1 saturated carbocycles. The number of fused-ring (bicyclic) bond motifs is 1. The lowest BCUT2D eigenvalue weighted by Crippen LogP contribution is -2.24. The molecule has 1 fully saturated rings. The zero-order valence-corrected chi connectivity index (χ0v) is 14.9. The van der Waals surface area contributed by atoms with E-state index in [0.29, 0.717) is 10.8 Å². The van der Waals surface area contributed by atoms with E-state index in [1.165, 1.54) is 11.8 Å². The van der Waals surface area contributed by atoms with Crippen LogP contribution < -0.4 is 11.3 Å². The number of aromatic nitrogens is 3. The second-order valence-electron chi connectivity index (χ2n) is 6.42. The van der Waals surface area contributed by atoms with Gasteiger partial charge in [-0.3, -0.25) is 9.36 Å². The van der Waals surface area contributed by atoms with Crippen molar-refractivity contribution >= 4 is 28.5 Å². The lowest BCUT2D eigenvalue weighted by Gasteiger charge is -2.18. The average Bonchev–Trinajstić information content (AvgIpc) is 3.14. The molecule has 0 atom stereocenters. The molecule has 1 aromatic carbocycles. The molecule has 0 bridgehead atoms. The summed E-state index contributed by atoms with van der Waals surface area (Å²) in [7, 11) is 0. The van der Waals surface area contributed by atoms with E-state index < -0.39 is 0 Å². The van der Waals surface area contributed by atoms with E-state index in [-0.39, 0.29) is 11.6 Å². The van der Waals surface area contributed by atoms with Crippen molar-refractivity contribution in [3.63, 3.8) is 0 Å². The van der Waals surface area contributed by atoms with Crippen LogP contribution in [0.2, 0.25) is 0 Å². The Morgan fingerprint density at radius 1 is 1.24 bits per heavy atom. The molecule has 0 unspecified atom stereocenters. The highest BCUT2D eigenvalue weighted by Crippen LogP contribution is 2.33. The van der Waals surface area contributed by atoms with E-state index in [4.69, 9.17) is 10.7 Å². The highest BCUT2D eigenvalue weighted by molar-refractivity contribution is 7.98. The Hall–Kier alpha value is -2.34. The lowest BCUT2D eigenvalue weighted by atomic mass is 10.0. The molecule has 0 saturated heterocycles. The molecule has 25 heavy (non-hydrogen) atoms. The first-order valence-electron chi connectivity index (χ1n) is 8.49. The highest BCUT2D eigenvalue weighted by atomic mass is 32.2. The van der Waals surface area contributed by atoms with Gasteiger partial charge >= 0.3 is 0 Å². The van der Waals surface area contributed by atoms with Crippen molar-refractivity contribution in [1.29, 1.82) is 0 Å². The summed E-state index contributed by atoms with van der Waals surface area (Å²) in [4.78, 5) is 22.1. The van der Waals surface area contributed by atoms with Gasteiger partial charge in [-0.2, -0.15) is 0 Å². The van der Waals surface area contributed by atoms with Crippen LogP contribution in [-0.2, 0) is 0 Å². The standard InChI is InChI=1S/C19H20N4OS/c1-25-19-21-11-16-15(12-5-4-6-13(20)9-12)10-17(24)23(18(16)22-19)14-7-2-3-8-14/h4-6,9-11,14H,2-3,7-8,20H2,1H3. The van der Waals surface area contributed by atoms with Crippen LogP contribution >= 0.6 is 11.8 Å². The lowest BCUT2D eigenvalue weighted by molar-refractivity contribution is 0.514. The van der Waals surface area contributed by atoms with Crippen LogP contribution in [0.25, 0.3) is 22.2 Å². The Bertz CT molecular complexity index is 992. The van der Waals surface area contributed by atoms with Gasteiger partial charge in [0.25, 0.3) is 5.56 Å². The summed E-state index contributed by atoms with van der Waals surface area (Å²) in [5, 5.41) is 1.58. The van der Waals surface area contributed by atoms with E-state index in [0.717, 1.165) is 47.8 Å². The Labute approximate surface area is 150 Å². The van der Waals surface area contributed by atoms with Crippen molar-refractivity contribution in [3.05, 3.63) is 46.9 Å². The van der Waals surface area contributed by atoms with Gasteiger partial charge in [0.1, 0.15) is 5.65 Å². The van der Waals surface area contributed by atoms with Crippen LogP contribution in [0.3, 0.4) is 0 Å². The van der Waals surface area contributed by atoms with Crippen molar-refractivity contribution < 1.29 is 0 Å². The topological polar surface area (TPSA) is 73.8 Å². The van der Waals surface area contributed by atoms with Gasteiger partial charge in [-0.1, -0.05) is 36.7 Å². The molecule has 0 radical (unpaired) electrons. The van der Waals surface area contributed by atoms with Gasteiger partial charge in [0.05, 0.1) is 0 Å². The minimum absolute atomic E-state index is 0.00239. The molecule has 1 aliphatic carbocycles. The SMILES string of the molecule is CSc1ncc2c(-c3cccc(N)c3)cc(=O)n(C3CCCC3)c2n1. The summed E-state index contributed by atoms with van der Waals surface area (Å²) in [6.07, 6.45) is 8.17. The molecule has 1 aliphatic rings. The molecule has 3 aromatic rings. The smallest absolute Gasteiger partial charge is 0.253 e. The maximum absolute atomic E-state index is 13.0. The first kappa shape index (κ1) is 16.1.